The molecule has 30 heavy (non-hydrogen) atoms. The highest BCUT2D eigenvalue weighted by molar-refractivity contribution is 7.89. The zero-order valence-electron chi connectivity index (χ0n) is 16.8. The van der Waals surface area contributed by atoms with Crippen molar-refractivity contribution in [1.29, 1.82) is 0 Å². The molecule has 0 radical (unpaired) electrons. The number of hydrogen-bond donors (Lipinski definition) is 0. The Hall–Kier alpha value is -2.91. The molecule has 1 saturated heterocycles. The molecule has 0 saturated carbocycles. The first-order valence-corrected chi connectivity index (χ1v) is 11.1. The van der Waals surface area contributed by atoms with Gasteiger partial charge in [-0.1, -0.05) is 23.4 Å². The van der Waals surface area contributed by atoms with E-state index in [1.54, 1.807) is 56.7 Å². The molecule has 9 heteroatoms. The molecule has 4 rings (SSSR count). The lowest BCUT2D eigenvalue weighted by Gasteiger charge is -2.30. The summed E-state index contributed by atoms with van der Waals surface area (Å²) < 4.78 is 43.5. The number of hydrogen-bond acceptors (Lipinski definition) is 7. The largest absolute Gasteiger partial charge is 0.493 e. The summed E-state index contributed by atoms with van der Waals surface area (Å²) in [6, 6.07) is 13.8. The van der Waals surface area contributed by atoms with Crippen LogP contribution < -0.4 is 9.47 Å². The third-order valence-corrected chi connectivity index (χ3v) is 7.08. The minimum Gasteiger partial charge on any atom is -0.493 e. The van der Waals surface area contributed by atoms with Crippen LogP contribution in [-0.4, -0.2) is 50.2 Å². The minimum absolute atomic E-state index is 0.154. The maximum absolute atomic E-state index is 13.0. The number of piperidine rings is 1. The van der Waals surface area contributed by atoms with E-state index >= 15 is 0 Å². The molecule has 0 amide bonds. The molecule has 0 N–H and O–H groups in total. The second-order valence-electron chi connectivity index (χ2n) is 7.04. The highest BCUT2D eigenvalue weighted by Crippen LogP contribution is 2.33. The van der Waals surface area contributed by atoms with E-state index in [1.807, 2.05) is 6.07 Å². The SMILES string of the molecule is COc1ccc(-c2noc(C3CCCN(S(=O)(=O)c4ccccc4)C3)n2)cc1OC. The van der Waals surface area contributed by atoms with Gasteiger partial charge in [-0.05, 0) is 43.2 Å². The van der Waals surface area contributed by atoms with Crippen LogP contribution in [0.1, 0.15) is 24.7 Å². The van der Waals surface area contributed by atoms with Crippen molar-refractivity contribution in [2.45, 2.75) is 23.7 Å². The van der Waals surface area contributed by atoms with Crippen LogP contribution in [-0.2, 0) is 10.0 Å². The molecule has 0 aliphatic carbocycles. The summed E-state index contributed by atoms with van der Waals surface area (Å²) in [7, 11) is -0.418. The van der Waals surface area contributed by atoms with Crippen LogP contribution in [0.4, 0.5) is 0 Å². The van der Waals surface area contributed by atoms with Gasteiger partial charge in [-0.25, -0.2) is 8.42 Å². The van der Waals surface area contributed by atoms with Crippen LogP contribution in [0.5, 0.6) is 11.5 Å². The standard InChI is InChI=1S/C21H23N3O5S/c1-27-18-11-10-15(13-19(18)28-2)20-22-21(29-23-20)16-7-6-12-24(14-16)30(25,26)17-8-4-3-5-9-17/h3-5,8-11,13,16H,6-7,12,14H2,1-2H3. The van der Waals surface area contributed by atoms with E-state index in [-0.39, 0.29) is 5.92 Å². The molecule has 1 unspecified atom stereocenters. The topological polar surface area (TPSA) is 94.8 Å². The molecule has 1 atom stereocenters. The van der Waals surface area contributed by atoms with Crippen molar-refractivity contribution in [3.8, 4) is 22.9 Å². The molecular formula is C21H23N3O5S. The molecule has 1 fully saturated rings. The summed E-state index contributed by atoms with van der Waals surface area (Å²) in [6.07, 6.45) is 1.51. The Kier molecular flexibility index (Phi) is 5.74. The van der Waals surface area contributed by atoms with Crippen molar-refractivity contribution < 1.29 is 22.4 Å². The van der Waals surface area contributed by atoms with E-state index in [2.05, 4.69) is 10.1 Å². The third kappa shape index (κ3) is 3.90. The van der Waals surface area contributed by atoms with E-state index < -0.39 is 10.0 Å². The maximum Gasteiger partial charge on any atom is 0.243 e. The lowest BCUT2D eigenvalue weighted by Crippen LogP contribution is -2.39. The van der Waals surface area contributed by atoms with Gasteiger partial charge in [0.2, 0.25) is 21.7 Å². The van der Waals surface area contributed by atoms with Crippen molar-refractivity contribution >= 4 is 10.0 Å². The fourth-order valence-electron chi connectivity index (χ4n) is 3.60. The number of methoxy groups -OCH3 is 2. The van der Waals surface area contributed by atoms with Gasteiger partial charge in [0.05, 0.1) is 25.0 Å². The summed E-state index contributed by atoms with van der Waals surface area (Å²) >= 11 is 0. The monoisotopic (exact) mass is 429 g/mol. The second kappa shape index (κ2) is 8.45. The Balaban J connectivity index is 1.55. The van der Waals surface area contributed by atoms with Crippen LogP contribution in [0.3, 0.4) is 0 Å². The molecule has 1 aromatic heterocycles. The fraction of sp³-hybridized carbons (Fsp3) is 0.333. The number of aromatic nitrogens is 2. The van der Waals surface area contributed by atoms with Crippen LogP contribution in [0.15, 0.2) is 57.9 Å². The van der Waals surface area contributed by atoms with E-state index in [9.17, 15) is 8.42 Å². The minimum atomic E-state index is -3.55. The van der Waals surface area contributed by atoms with E-state index in [4.69, 9.17) is 14.0 Å². The zero-order chi connectivity index (χ0) is 21.1. The van der Waals surface area contributed by atoms with Gasteiger partial charge in [0, 0.05) is 18.7 Å². The van der Waals surface area contributed by atoms with Gasteiger partial charge in [-0.3, -0.25) is 0 Å². The molecule has 0 spiro atoms. The average Bonchev–Trinajstić information content (AvgIpc) is 3.29. The first-order chi connectivity index (χ1) is 14.5. The molecule has 1 aliphatic heterocycles. The lowest BCUT2D eigenvalue weighted by atomic mass is 10.00. The Labute approximate surface area is 175 Å². The molecule has 2 aromatic carbocycles. The number of sulfonamides is 1. The van der Waals surface area contributed by atoms with Gasteiger partial charge in [0.25, 0.3) is 0 Å². The molecule has 158 valence electrons. The Morgan fingerprint density at radius 2 is 1.83 bits per heavy atom. The summed E-state index contributed by atoms with van der Waals surface area (Å²) in [5.74, 6) is 1.89. The number of benzene rings is 2. The highest BCUT2D eigenvalue weighted by Gasteiger charge is 2.33. The zero-order valence-corrected chi connectivity index (χ0v) is 17.6. The van der Waals surface area contributed by atoms with E-state index in [1.165, 1.54) is 4.31 Å². The van der Waals surface area contributed by atoms with E-state index in [0.717, 1.165) is 18.4 Å². The predicted octanol–water partition coefficient (Wildman–Crippen LogP) is 3.32. The summed E-state index contributed by atoms with van der Waals surface area (Å²) in [6.45, 7) is 0.787. The first kappa shape index (κ1) is 20.4. The van der Waals surface area contributed by atoms with Crippen LogP contribution in [0, 0.1) is 0 Å². The normalized spacial score (nSPS) is 17.6. The molecule has 3 aromatic rings. The van der Waals surface area contributed by atoms with Crippen molar-refractivity contribution in [1.82, 2.24) is 14.4 Å². The predicted molar refractivity (Wildman–Crippen MR) is 110 cm³/mol. The van der Waals surface area contributed by atoms with Crippen LogP contribution in [0.25, 0.3) is 11.4 Å². The molecule has 8 nitrogen and oxygen atoms in total. The van der Waals surface area contributed by atoms with Crippen molar-refractivity contribution in [3.05, 3.63) is 54.4 Å². The third-order valence-electron chi connectivity index (χ3n) is 5.20. The Morgan fingerprint density at radius 1 is 1.07 bits per heavy atom. The fourth-order valence-corrected chi connectivity index (χ4v) is 5.14. The van der Waals surface area contributed by atoms with Gasteiger partial charge >= 0.3 is 0 Å². The van der Waals surface area contributed by atoms with Gasteiger partial charge in [-0.2, -0.15) is 9.29 Å². The maximum atomic E-state index is 13.0. The summed E-state index contributed by atoms with van der Waals surface area (Å²) in [5, 5.41) is 4.09. The smallest absolute Gasteiger partial charge is 0.243 e. The molecule has 2 heterocycles. The lowest BCUT2D eigenvalue weighted by molar-refractivity contribution is 0.265. The number of nitrogens with zero attached hydrogens (tertiary/aromatic N) is 3. The molecule has 1 aliphatic rings. The van der Waals surface area contributed by atoms with E-state index in [0.29, 0.717) is 41.2 Å². The van der Waals surface area contributed by atoms with Gasteiger partial charge < -0.3 is 14.0 Å². The van der Waals surface area contributed by atoms with Crippen molar-refractivity contribution in [2.24, 2.45) is 0 Å². The van der Waals surface area contributed by atoms with Crippen LogP contribution in [0.2, 0.25) is 0 Å². The summed E-state index contributed by atoms with van der Waals surface area (Å²) in [4.78, 5) is 4.82. The quantitative estimate of drug-likeness (QED) is 0.593. The second-order valence-corrected chi connectivity index (χ2v) is 8.98. The first-order valence-electron chi connectivity index (χ1n) is 9.64. The van der Waals surface area contributed by atoms with Crippen molar-refractivity contribution in [3.63, 3.8) is 0 Å². The van der Waals surface area contributed by atoms with Gasteiger partial charge in [0.15, 0.2) is 11.5 Å². The Morgan fingerprint density at radius 3 is 2.57 bits per heavy atom. The average molecular weight is 429 g/mol. The molecular weight excluding hydrogens is 406 g/mol. The number of ether oxygens (including phenoxy) is 2. The summed E-state index contributed by atoms with van der Waals surface area (Å²) in [5.41, 5.74) is 0.729. The van der Waals surface area contributed by atoms with Crippen molar-refractivity contribution in [2.75, 3.05) is 27.3 Å². The number of rotatable bonds is 6. The van der Waals surface area contributed by atoms with Gasteiger partial charge in [-0.15, -0.1) is 0 Å². The Bertz CT molecular complexity index is 1110. The van der Waals surface area contributed by atoms with Gasteiger partial charge in [0.1, 0.15) is 0 Å². The molecule has 0 bridgehead atoms. The van der Waals surface area contributed by atoms with Crippen LogP contribution >= 0.6 is 0 Å². The highest BCUT2D eigenvalue weighted by atomic mass is 32.2.